The van der Waals surface area contributed by atoms with Gasteiger partial charge in [0.2, 0.25) is 5.92 Å². The molecular weight excluding hydrogens is 460 g/mol. The number of rotatable bonds is 8. The first-order chi connectivity index (χ1) is 12.9. The molecule has 31 heavy (non-hydrogen) atoms. The van der Waals surface area contributed by atoms with Crippen molar-refractivity contribution in [1.82, 2.24) is 0 Å². The molecule has 0 radical (unpaired) electrons. The normalized spacial score (nSPS) is 18.2. The summed E-state index contributed by atoms with van der Waals surface area (Å²) < 4.78 is 172. The van der Waals surface area contributed by atoms with Gasteiger partial charge in [0.1, 0.15) is 5.41 Å². The van der Waals surface area contributed by atoms with Crippen LogP contribution in [0.25, 0.3) is 0 Å². The fourth-order valence-corrected chi connectivity index (χ4v) is 3.15. The smallest absolute Gasteiger partial charge is 0.247 e. The summed E-state index contributed by atoms with van der Waals surface area (Å²) in [5.41, 5.74) is -10.7. The van der Waals surface area contributed by atoms with Gasteiger partial charge in [0.15, 0.2) is 0 Å². The molecule has 0 aliphatic heterocycles. The van der Waals surface area contributed by atoms with Crippen molar-refractivity contribution in [3.8, 4) is 0 Å². The molecule has 0 aromatic heterocycles. The minimum atomic E-state index is -6.09. The van der Waals surface area contributed by atoms with Crippen molar-refractivity contribution < 1.29 is 57.4 Å². The fraction of sp³-hybridized carbons (Fsp3) is 1.00. The first kappa shape index (κ1) is 30.1. The second-order valence-electron chi connectivity index (χ2n) is 9.87. The van der Waals surface area contributed by atoms with Crippen molar-refractivity contribution in [2.75, 3.05) is 0 Å². The van der Waals surface area contributed by atoms with Crippen molar-refractivity contribution >= 4 is 0 Å². The second kappa shape index (κ2) is 7.58. The van der Waals surface area contributed by atoms with E-state index >= 15 is 13.2 Å². The molecule has 0 amide bonds. The van der Waals surface area contributed by atoms with Crippen molar-refractivity contribution in [2.45, 2.75) is 97.7 Å². The summed E-state index contributed by atoms with van der Waals surface area (Å²) in [6, 6.07) is 0. The van der Waals surface area contributed by atoms with Crippen LogP contribution in [0.1, 0.15) is 61.8 Å². The zero-order chi connectivity index (χ0) is 25.9. The van der Waals surface area contributed by atoms with Gasteiger partial charge in [-0.2, -0.15) is 26.3 Å². The number of ether oxygens (including phenoxy) is 1. The van der Waals surface area contributed by atoms with Crippen LogP contribution in [0.3, 0.4) is 0 Å². The monoisotopic (exact) mass is 486 g/mol. The summed E-state index contributed by atoms with van der Waals surface area (Å²) >= 11 is 0. The van der Waals surface area contributed by atoms with E-state index in [0.717, 1.165) is 0 Å². The minimum Gasteiger partial charge on any atom is -0.247 e. The van der Waals surface area contributed by atoms with Crippen LogP contribution in [-0.2, 0) is 4.74 Å². The topological polar surface area (TPSA) is 9.23 Å². The molecule has 0 bridgehead atoms. The lowest BCUT2D eigenvalue weighted by Crippen LogP contribution is -2.71. The third-order valence-electron chi connectivity index (χ3n) is 5.19. The second-order valence-corrected chi connectivity index (χ2v) is 9.87. The quantitative estimate of drug-likeness (QED) is 0.314. The Morgan fingerprint density at radius 2 is 0.871 bits per heavy atom. The number of hydrogen-bond donors (Lipinski definition) is 0. The van der Waals surface area contributed by atoms with Gasteiger partial charge in [0.05, 0.1) is 0 Å². The summed E-state index contributed by atoms with van der Waals surface area (Å²) in [6.45, 7) is 1.46. The van der Waals surface area contributed by atoms with Crippen molar-refractivity contribution in [3.05, 3.63) is 0 Å². The van der Waals surface area contributed by atoms with Crippen LogP contribution < -0.4 is 0 Å². The highest BCUT2D eigenvalue weighted by Gasteiger charge is 2.83. The highest BCUT2D eigenvalue weighted by Crippen LogP contribution is 2.65. The van der Waals surface area contributed by atoms with Crippen LogP contribution in [0.2, 0.25) is 0 Å². The first-order valence-corrected chi connectivity index (χ1v) is 8.88. The van der Waals surface area contributed by atoms with Gasteiger partial charge in [0.25, 0.3) is 5.85 Å². The van der Waals surface area contributed by atoms with E-state index in [1.54, 1.807) is 0 Å². The maximum Gasteiger partial charge on any atom is 0.525 e. The SMILES string of the molecule is CC(F)(F)CC(C)(C)C(F)(F)C(F)(F)C(C)(C)C(F)(F)C(F)(OC(F)(F)F)C(C)(C)C. The van der Waals surface area contributed by atoms with E-state index in [9.17, 15) is 39.5 Å². The molecule has 0 rings (SSSR count). The lowest BCUT2D eigenvalue weighted by molar-refractivity contribution is -0.475. The molecule has 0 aromatic carbocycles. The molecule has 0 spiro atoms. The average molecular weight is 486 g/mol. The van der Waals surface area contributed by atoms with Crippen molar-refractivity contribution in [2.24, 2.45) is 16.2 Å². The summed E-state index contributed by atoms with van der Waals surface area (Å²) in [6.07, 6.45) is -7.98. The van der Waals surface area contributed by atoms with Crippen LogP contribution >= 0.6 is 0 Å². The maximum absolute atomic E-state index is 15.2. The zero-order valence-corrected chi connectivity index (χ0v) is 18.2. The molecule has 0 N–H and O–H groups in total. The molecule has 13 heteroatoms. The van der Waals surface area contributed by atoms with Crippen LogP contribution in [0.15, 0.2) is 0 Å². The van der Waals surface area contributed by atoms with E-state index in [4.69, 9.17) is 0 Å². The van der Waals surface area contributed by atoms with E-state index in [2.05, 4.69) is 4.74 Å². The molecule has 0 aromatic rings. The van der Waals surface area contributed by atoms with E-state index < -0.39 is 58.6 Å². The third kappa shape index (κ3) is 5.05. The Morgan fingerprint density at radius 3 is 1.13 bits per heavy atom. The zero-order valence-electron chi connectivity index (χ0n) is 18.2. The van der Waals surface area contributed by atoms with Crippen molar-refractivity contribution in [3.63, 3.8) is 0 Å². The van der Waals surface area contributed by atoms with Gasteiger partial charge in [-0.3, -0.25) is 0 Å². The molecule has 1 atom stereocenters. The van der Waals surface area contributed by atoms with Gasteiger partial charge in [0, 0.05) is 17.3 Å². The predicted octanol–water partition coefficient (Wildman–Crippen LogP) is 8.24. The van der Waals surface area contributed by atoms with Gasteiger partial charge in [-0.15, -0.1) is 13.2 Å². The minimum absolute atomic E-state index is 0.131. The molecule has 188 valence electrons. The Labute approximate surface area is 172 Å². The molecule has 1 nitrogen and oxygen atoms in total. The van der Waals surface area contributed by atoms with E-state index in [1.807, 2.05) is 0 Å². The Hall–Kier alpha value is -0.880. The Bertz CT molecular complexity index is 637. The van der Waals surface area contributed by atoms with Gasteiger partial charge in [-0.05, 0) is 20.8 Å². The molecular formula is C18H26F12O. The van der Waals surface area contributed by atoms with Gasteiger partial charge in [-0.1, -0.05) is 34.6 Å². The molecule has 0 saturated carbocycles. The summed E-state index contributed by atoms with van der Waals surface area (Å²) in [5.74, 6) is -26.7. The van der Waals surface area contributed by atoms with Crippen LogP contribution in [0.5, 0.6) is 0 Å². The first-order valence-electron chi connectivity index (χ1n) is 8.88. The van der Waals surface area contributed by atoms with Crippen LogP contribution in [-0.4, -0.2) is 35.9 Å². The maximum atomic E-state index is 15.2. The van der Waals surface area contributed by atoms with Gasteiger partial charge < -0.3 is 0 Å². The number of alkyl halides is 12. The molecule has 0 aliphatic rings. The number of halogens is 12. The van der Waals surface area contributed by atoms with E-state index in [-0.39, 0.29) is 34.6 Å². The molecule has 0 heterocycles. The van der Waals surface area contributed by atoms with Gasteiger partial charge in [-0.25, -0.2) is 17.9 Å². The van der Waals surface area contributed by atoms with Crippen LogP contribution in [0.4, 0.5) is 52.7 Å². The third-order valence-corrected chi connectivity index (χ3v) is 5.19. The highest BCUT2D eigenvalue weighted by molar-refractivity contribution is 5.13. The highest BCUT2D eigenvalue weighted by atomic mass is 19.4. The average Bonchev–Trinajstić information content (AvgIpc) is 2.40. The predicted molar refractivity (Wildman–Crippen MR) is 88.1 cm³/mol. The standard InChI is InChI=1S/C18H26F12O/c1-10(2,3)17(27,31-18(28,29)30)16(25,26)12(6,7)15(23,24)14(21,22)11(4,5)9-13(8,19)20/h9H2,1-8H3. The summed E-state index contributed by atoms with van der Waals surface area (Å²) in [4.78, 5) is 0. The molecule has 0 aliphatic carbocycles. The molecule has 0 saturated heterocycles. The lowest BCUT2D eigenvalue weighted by atomic mass is 9.64. The summed E-state index contributed by atoms with van der Waals surface area (Å²) in [5, 5.41) is 0. The molecule has 1 unspecified atom stereocenters. The van der Waals surface area contributed by atoms with Crippen LogP contribution in [0, 0.1) is 16.2 Å². The Morgan fingerprint density at radius 1 is 0.516 bits per heavy atom. The van der Waals surface area contributed by atoms with E-state index in [0.29, 0.717) is 20.8 Å². The Balaban J connectivity index is 6.83. The van der Waals surface area contributed by atoms with Gasteiger partial charge >= 0.3 is 24.1 Å². The number of hydrogen-bond acceptors (Lipinski definition) is 1. The van der Waals surface area contributed by atoms with E-state index in [1.165, 1.54) is 0 Å². The summed E-state index contributed by atoms with van der Waals surface area (Å²) in [7, 11) is 0. The molecule has 0 fully saturated rings. The van der Waals surface area contributed by atoms with Crippen molar-refractivity contribution in [1.29, 1.82) is 0 Å². The largest absolute Gasteiger partial charge is 0.525 e. The Kier molecular flexibility index (Phi) is 7.36. The lowest BCUT2D eigenvalue weighted by Gasteiger charge is -2.53. The fourth-order valence-electron chi connectivity index (χ4n) is 3.15.